The van der Waals surface area contributed by atoms with E-state index in [1.54, 1.807) is 6.20 Å². The molecule has 0 atom stereocenters. The smallest absolute Gasteiger partial charge is 0.273 e. The van der Waals surface area contributed by atoms with Crippen molar-refractivity contribution in [2.75, 3.05) is 13.1 Å². The van der Waals surface area contributed by atoms with Gasteiger partial charge in [0, 0.05) is 38.3 Å². The summed E-state index contributed by atoms with van der Waals surface area (Å²) in [5.74, 6) is -0.0676. The Balaban J connectivity index is 1.90. The molecule has 1 N–H and O–H groups in total. The maximum Gasteiger partial charge on any atom is 0.273 e. The van der Waals surface area contributed by atoms with Gasteiger partial charge in [0.25, 0.3) is 5.91 Å². The molecular formula is C19H21N3O2. The second kappa shape index (κ2) is 7.25. The molecule has 2 aromatic rings. The molecule has 5 heteroatoms. The summed E-state index contributed by atoms with van der Waals surface area (Å²) in [5, 5.41) is 2.79. The Labute approximate surface area is 141 Å². The fraction of sp³-hybridized carbons (Fsp3) is 0.316. The van der Waals surface area contributed by atoms with Crippen molar-refractivity contribution in [2.45, 2.75) is 26.3 Å². The van der Waals surface area contributed by atoms with Crippen LogP contribution in [-0.4, -0.2) is 34.8 Å². The summed E-state index contributed by atoms with van der Waals surface area (Å²) in [7, 11) is 0. The molecule has 2 heterocycles. The van der Waals surface area contributed by atoms with E-state index in [1.165, 1.54) is 6.92 Å². The Morgan fingerprint density at radius 2 is 1.96 bits per heavy atom. The van der Waals surface area contributed by atoms with Crippen LogP contribution in [0.2, 0.25) is 0 Å². The number of hydrogen-bond acceptors (Lipinski definition) is 3. The first kappa shape index (κ1) is 16.2. The van der Waals surface area contributed by atoms with Crippen LogP contribution in [-0.2, 0) is 11.3 Å². The zero-order valence-corrected chi connectivity index (χ0v) is 13.8. The fourth-order valence-electron chi connectivity index (χ4n) is 2.95. The van der Waals surface area contributed by atoms with Gasteiger partial charge in [-0.15, -0.1) is 0 Å². The van der Waals surface area contributed by atoms with Gasteiger partial charge >= 0.3 is 0 Å². The average Bonchev–Trinajstić information content (AvgIpc) is 3.14. The Morgan fingerprint density at radius 3 is 2.71 bits per heavy atom. The summed E-state index contributed by atoms with van der Waals surface area (Å²) in [4.78, 5) is 30.0. The molecule has 0 radical (unpaired) electrons. The van der Waals surface area contributed by atoms with E-state index in [0.717, 1.165) is 42.6 Å². The first-order chi connectivity index (χ1) is 11.6. The third-order valence-corrected chi connectivity index (χ3v) is 4.18. The second-order valence-electron chi connectivity index (χ2n) is 6.01. The number of amides is 2. The van der Waals surface area contributed by atoms with Gasteiger partial charge in [0.2, 0.25) is 5.91 Å². The predicted octanol–water partition coefficient (Wildman–Crippen LogP) is 2.62. The molecule has 0 bridgehead atoms. The number of pyridine rings is 1. The average molecular weight is 323 g/mol. The van der Waals surface area contributed by atoms with Crippen molar-refractivity contribution in [2.24, 2.45) is 0 Å². The molecule has 0 unspecified atom stereocenters. The molecule has 0 aliphatic carbocycles. The van der Waals surface area contributed by atoms with Crippen molar-refractivity contribution >= 4 is 11.8 Å². The van der Waals surface area contributed by atoms with Crippen molar-refractivity contribution in [3.8, 4) is 11.1 Å². The molecule has 1 aliphatic rings. The Hall–Kier alpha value is -2.69. The van der Waals surface area contributed by atoms with E-state index in [2.05, 4.69) is 10.3 Å². The normalized spacial score (nSPS) is 13.8. The molecule has 1 aromatic carbocycles. The minimum absolute atomic E-state index is 0.00429. The first-order valence-corrected chi connectivity index (χ1v) is 8.23. The minimum atomic E-state index is -0.0633. The van der Waals surface area contributed by atoms with Crippen LogP contribution in [0.15, 0.2) is 42.6 Å². The van der Waals surface area contributed by atoms with Crippen LogP contribution in [0.4, 0.5) is 0 Å². The number of carbonyl (C=O) groups is 2. The lowest BCUT2D eigenvalue weighted by atomic mass is 10.0. The van der Waals surface area contributed by atoms with Gasteiger partial charge < -0.3 is 10.2 Å². The van der Waals surface area contributed by atoms with Gasteiger partial charge in [0.1, 0.15) is 5.69 Å². The van der Waals surface area contributed by atoms with E-state index in [4.69, 9.17) is 0 Å². The molecule has 1 aliphatic heterocycles. The van der Waals surface area contributed by atoms with Gasteiger partial charge in [-0.2, -0.15) is 0 Å². The van der Waals surface area contributed by atoms with Crippen LogP contribution < -0.4 is 5.32 Å². The molecule has 2 amide bonds. The summed E-state index contributed by atoms with van der Waals surface area (Å²) in [6.45, 7) is 3.57. The van der Waals surface area contributed by atoms with Crippen molar-refractivity contribution in [3.63, 3.8) is 0 Å². The van der Waals surface area contributed by atoms with Crippen LogP contribution >= 0.6 is 0 Å². The van der Waals surface area contributed by atoms with Crippen molar-refractivity contribution in [3.05, 3.63) is 53.9 Å². The maximum absolute atomic E-state index is 12.7. The highest BCUT2D eigenvalue weighted by atomic mass is 16.2. The number of hydrogen-bond donors (Lipinski definition) is 1. The van der Waals surface area contributed by atoms with Crippen molar-refractivity contribution < 1.29 is 9.59 Å². The largest absolute Gasteiger partial charge is 0.352 e. The van der Waals surface area contributed by atoms with E-state index in [0.29, 0.717) is 12.2 Å². The maximum atomic E-state index is 12.7. The van der Waals surface area contributed by atoms with Gasteiger partial charge in [-0.25, -0.2) is 0 Å². The standard InChI is InChI=1S/C19H21N3O2/c1-14(23)21-13-15-6-4-7-16(12-15)17-8-5-9-20-18(17)19(24)22-10-2-3-11-22/h4-9,12H,2-3,10-11,13H2,1H3,(H,21,23). The molecule has 24 heavy (non-hydrogen) atoms. The summed E-state index contributed by atoms with van der Waals surface area (Å²) >= 11 is 0. The lowest BCUT2D eigenvalue weighted by molar-refractivity contribution is -0.119. The highest BCUT2D eigenvalue weighted by Crippen LogP contribution is 2.25. The van der Waals surface area contributed by atoms with E-state index >= 15 is 0 Å². The summed E-state index contributed by atoms with van der Waals surface area (Å²) in [6, 6.07) is 11.6. The van der Waals surface area contributed by atoms with E-state index in [1.807, 2.05) is 41.3 Å². The lowest BCUT2D eigenvalue weighted by Gasteiger charge is -2.17. The van der Waals surface area contributed by atoms with E-state index < -0.39 is 0 Å². The van der Waals surface area contributed by atoms with Crippen LogP contribution in [0, 0.1) is 0 Å². The zero-order valence-electron chi connectivity index (χ0n) is 13.8. The lowest BCUT2D eigenvalue weighted by Crippen LogP contribution is -2.28. The Morgan fingerprint density at radius 1 is 1.17 bits per heavy atom. The molecule has 0 saturated carbocycles. The number of likely N-dealkylation sites (tertiary alicyclic amines) is 1. The van der Waals surface area contributed by atoms with Crippen LogP contribution in [0.25, 0.3) is 11.1 Å². The second-order valence-corrected chi connectivity index (χ2v) is 6.01. The van der Waals surface area contributed by atoms with Crippen molar-refractivity contribution in [1.82, 2.24) is 15.2 Å². The first-order valence-electron chi connectivity index (χ1n) is 8.23. The monoisotopic (exact) mass is 323 g/mol. The number of benzene rings is 1. The Kier molecular flexibility index (Phi) is 4.89. The summed E-state index contributed by atoms with van der Waals surface area (Å²) in [5.41, 5.74) is 3.26. The van der Waals surface area contributed by atoms with E-state index in [-0.39, 0.29) is 11.8 Å². The molecule has 1 aromatic heterocycles. The Bertz CT molecular complexity index is 752. The SMILES string of the molecule is CC(=O)NCc1cccc(-c2cccnc2C(=O)N2CCCC2)c1. The molecule has 3 rings (SSSR count). The number of nitrogens with zero attached hydrogens (tertiary/aromatic N) is 2. The number of aromatic nitrogens is 1. The number of rotatable bonds is 4. The highest BCUT2D eigenvalue weighted by molar-refractivity contribution is 5.99. The van der Waals surface area contributed by atoms with E-state index in [9.17, 15) is 9.59 Å². The molecule has 5 nitrogen and oxygen atoms in total. The zero-order chi connectivity index (χ0) is 16.9. The number of carbonyl (C=O) groups excluding carboxylic acids is 2. The third kappa shape index (κ3) is 3.62. The van der Waals surface area contributed by atoms with Gasteiger partial charge in [-0.05, 0) is 36.1 Å². The van der Waals surface area contributed by atoms with Crippen LogP contribution in [0.3, 0.4) is 0 Å². The summed E-state index contributed by atoms with van der Waals surface area (Å²) in [6.07, 6.45) is 3.77. The van der Waals surface area contributed by atoms with Gasteiger partial charge in [0.15, 0.2) is 0 Å². The van der Waals surface area contributed by atoms with Gasteiger partial charge in [-0.3, -0.25) is 14.6 Å². The molecular weight excluding hydrogens is 302 g/mol. The predicted molar refractivity (Wildman–Crippen MR) is 92.3 cm³/mol. The fourth-order valence-corrected chi connectivity index (χ4v) is 2.95. The number of nitrogens with one attached hydrogen (secondary N) is 1. The molecule has 1 saturated heterocycles. The van der Waals surface area contributed by atoms with Gasteiger partial charge in [-0.1, -0.05) is 24.3 Å². The van der Waals surface area contributed by atoms with Crippen molar-refractivity contribution in [1.29, 1.82) is 0 Å². The van der Waals surface area contributed by atoms with Crippen LogP contribution in [0.5, 0.6) is 0 Å². The topological polar surface area (TPSA) is 62.3 Å². The van der Waals surface area contributed by atoms with Gasteiger partial charge in [0.05, 0.1) is 0 Å². The quantitative estimate of drug-likeness (QED) is 0.941. The van der Waals surface area contributed by atoms with Crippen LogP contribution in [0.1, 0.15) is 35.8 Å². The third-order valence-electron chi connectivity index (χ3n) is 4.18. The highest BCUT2D eigenvalue weighted by Gasteiger charge is 2.23. The molecule has 1 fully saturated rings. The summed E-state index contributed by atoms with van der Waals surface area (Å²) < 4.78 is 0. The minimum Gasteiger partial charge on any atom is -0.352 e. The molecule has 124 valence electrons. The molecule has 0 spiro atoms.